The van der Waals surface area contributed by atoms with Crippen LogP contribution in [0.25, 0.3) is 0 Å². The average molecular weight is 345 g/mol. The van der Waals surface area contributed by atoms with Crippen molar-refractivity contribution >= 4 is 23.5 Å². The number of nitrogen functional groups attached to an aromatic ring is 1. The molecule has 7 nitrogen and oxygen atoms in total. The van der Waals surface area contributed by atoms with Crippen LogP contribution in [-0.4, -0.2) is 45.5 Å². The Bertz CT molecular complexity index is 737. The number of likely N-dealkylation sites (N-methyl/N-ethyl adjacent to an activating group) is 1. The Hall–Kier alpha value is -2.48. The topological polar surface area (TPSA) is 92.0 Å². The van der Waals surface area contributed by atoms with Crippen molar-refractivity contribution < 1.29 is 4.39 Å². The van der Waals surface area contributed by atoms with Crippen molar-refractivity contribution in [3.8, 4) is 0 Å². The summed E-state index contributed by atoms with van der Waals surface area (Å²) in [6.45, 7) is 6.81. The minimum absolute atomic E-state index is 0.117. The second-order valence-corrected chi connectivity index (χ2v) is 6.24. The summed E-state index contributed by atoms with van der Waals surface area (Å²) in [5.74, 6) is 0.542. The number of anilines is 4. The van der Waals surface area contributed by atoms with Gasteiger partial charge in [-0.25, -0.2) is 4.39 Å². The molecular formula is C17H24FN7. The van der Waals surface area contributed by atoms with Gasteiger partial charge in [0.25, 0.3) is 0 Å². The highest BCUT2D eigenvalue weighted by molar-refractivity contribution is 5.55. The Balaban J connectivity index is 1.68. The second-order valence-electron chi connectivity index (χ2n) is 6.24. The van der Waals surface area contributed by atoms with Gasteiger partial charge in [-0.05, 0) is 50.6 Å². The lowest BCUT2D eigenvalue weighted by molar-refractivity contribution is 0.277. The molecule has 1 aliphatic heterocycles. The predicted molar refractivity (Wildman–Crippen MR) is 97.4 cm³/mol. The van der Waals surface area contributed by atoms with Crippen LogP contribution in [0.5, 0.6) is 0 Å². The first-order valence-corrected chi connectivity index (χ1v) is 8.58. The molecule has 2 aromatic rings. The number of aromatic nitrogens is 3. The number of likely N-dealkylation sites (tertiary alicyclic amines) is 1. The molecule has 1 atom stereocenters. The van der Waals surface area contributed by atoms with Gasteiger partial charge >= 0.3 is 0 Å². The summed E-state index contributed by atoms with van der Waals surface area (Å²) in [5, 5.41) is 6.21. The summed E-state index contributed by atoms with van der Waals surface area (Å²) in [7, 11) is 0. The van der Waals surface area contributed by atoms with E-state index in [9.17, 15) is 4.39 Å². The van der Waals surface area contributed by atoms with Crippen molar-refractivity contribution in [2.75, 3.05) is 36.0 Å². The monoisotopic (exact) mass is 345 g/mol. The fourth-order valence-electron chi connectivity index (χ4n) is 3.08. The van der Waals surface area contributed by atoms with E-state index in [0.29, 0.717) is 23.2 Å². The smallest absolute Gasteiger partial charge is 0.233 e. The van der Waals surface area contributed by atoms with Gasteiger partial charge in [-0.15, -0.1) is 0 Å². The first kappa shape index (κ1) is 17.3. The van der Waals surface area contributed by atoms with E-state index in [1.165, 1.54) is 12.5 Å². The average Bonchev–Trinajstić information content (AvgIpc) is 3.03. The van der Waals surface area contributed by atoms with Crippen LogP contribution in [0.3, 0.4) is 0 Å². The van der Waals surface area contributed by atoms with E-state index in [2.05, 4.69) is 37.4 Å². The highest BCUT2D eigenvalue weighted by atomic mass is 19.1. The standard InChI is InChI=1S/C17H24FN7/c1-3-25-8-4-5-13(25)10-20-16-22-15(19)23-17(24-16)21-12-7-6-11(2)14(18)9-12/h6-7,9,13H,3-5,8,10H2,1-2H3,(H4,19,20,21,22,23,24). The molecule has 4 N–H and O–H groups in total. The zero-order chi connectivity index (χ0) is 17.8. The highest BCUT2D eigenvalue weighted by Crippen LogP contribution is 2.19. The fourth-order valence-corrected chi connectivity index (χ4v) is 3.08. The molecule has 0 bridgehead atoms. The van der Waals surface area contributed by atoms with Crippen molar-refractivity contribution in [1.29, 1.82) is 0 Å². The number of benzene rings is 1. The molecule has 1 fully saturated rings. The van der Waals surface area contributed by atoms with Crippen molar-refractivity contribution in [2.24, 2.45) is 0 Å². The van der Waals surface area contributed by atoms with Gasteiger partial charge < -0.3 is 16.4 Å². The van der Waals surface area contributed by atoms with E-state index in [4.69, 9.17) is 5.73 Å². The predicted octanol–water partition coefficient (Wildman–Crippen LogP) is 2.54. The Kier molecular flexibility index (Phi) is 5.28. The molecule has 0 radical (unpaired) electrons. The molecule has 0 aliphatic carbocycles. The van der Waals surface area contributed by atoms with Crippen LogP contribution in [0.2, 0.25) is 0 Å². The Morgan fingerprint density at radius 3 is 2.84 bits per heavy atom. The lowest BCUT2D eigenvalue weighted by atomic mass is 10.2. The minimum Gasteiger partial charge on any atom is -0.368 e. The number of hydrogen-bond donors (Lipinski definition) is 3. The van der Waals surface area contributed by atoms with E-state index in [0.717, 1.165) is 26.1 Å². The molecule has 1 aliphatic rings. The summed E-state index contributed by atoms with van der Waals surface area (Å²) in [5.41, 5.74) is 6.92. The number of rotatable bonds is 6. The van der Waals surface area contributed by atoms with E-state index >= 15 is 0 Å². The zero-order valence-electron chi connectivity index (χ0n) is 14.6. The van der Waals surface area contributed by atoms with E-state index in [1.807, 2.05) is 0 Å². The molecule has 0 amide bonds. The molecule has 134 valence electrons. The SMILES string of the molecule is CCN1CCCC1CNc1nc(N)nc(Nc2ccc(C)c(F)c2)n1. The van der Waals surface area contributed by atoms with Gasteiger partial charge in [0.05, 0.1) is 0 Å². The third-order valence-electron chi connectivity index (χ3n) is 4.48. The van der Waals surface area contributed by atoms with Gasteiger partial charge in [0.2, 0.25) is 17.8 Å². The van der Waals surface area contributed by atoms with Gasteiger partial charge in [0, 0.05) is 18.3 Å². The summed E-state index contributed by atoms with van der Waals surface area (Å²) in [6, 6.07) is 5.34. The normalized spacial score (nSPS) is 17.6. The molecule has 1 aromatic heterocycles. The second kappa shape index (κ2) is 7.60. The van der Waals surface area contributed by atoms with Crippen LogP contribution in [0, 0.1) is 12.7 Å². The Morgan fingerprint density at radius 2 is 2.08 bits per heavy atom. The number of halogens is 1. The zero-order valence-corrected chi connectivity index (χ0v) is 14.6. The number of aryl methyl sites for hydroxylation is 1. The molecule has 1 saturated heterocycles. The molecular weight excluding hydrogens is 321 g/mol. The largest absolute Gasteiger partial charge is 0.368 e. The van der Waals surface area contributed by atoms with Gasteiger partial charge in [0.1, 0.15) is 5.82 Å². The van der Waals surface area contributed by atoms with Crippen molar-refractivity contribution in [3.63, 3.8) is 0 Å². The maximum Gasteiger partial charge on any atom is 0.233 e. The van der Waals surface area contributed by atoms with Gasteiger partial charge in [-0.2, -0.15) is 15.0 Å². The number of hydrogen-bond acceptors (Lipinski definition) is 7. The minimum atomic E-state index is -0.286. The maximum absolute atomic E-state index is 13.7. The lowest BCUT2D eigenvalue weighted by Crippen LogP contribution is -2.35. The molecule has 0 saturated carbocycles. The van der Waals surface area contributed by atoms with E-state index in [1.54, 1.807) is 19.1 Å². The van der Waals surface area contributed by atoms with Crippen molar-refractivity contribution in [2.45, 2.75) is 32.7 Å². The molecule has 1 aromatic carbocycles. The lowest BCUT2D eigenvalue weighted by Gasteiger charge is -2.22. The first-order chi connectivity index (χ1) is 12.0. The number of nitrogens with zero attached hydrogens (tertiary/aromatic N) is 4. The summed E-state index contributed by atoms with van der Waals surface area (Å²) in [6.07, 6.45) is 2.38. The van der Waals surface area contributed by atoms with Gasteiger partial charge in [-0.1, -0.05) is 13.0 Å². The molecule has 1 unspecified atom stereocenters. The molecule has 0 spiro atoms. The van der Waals surface area contributed by atoms with Crippen LogP contribution in [0.15, 0.2) is 18.2 Å². The molecule has 25 heavy (non-hydrogen) atoms. The van der Waals surface area contributed by atoms with Crippen molar-refractivity contribution in [3.05, 3.63) is 29.6 Å². The van der Waals surface area contributed by atoms with Crippen molar-refractivity contribution in [1.82, 2.24) is 19.9 Å². The van der Waals surface area contributed by atoms with Gasteiger partial charge in [0.15, 0.2) is 0 Å². The van der Waals surface area contributed by atoms with Crippen LogP contribution >= 0.6 is 0 Å². The third kappa shape index (κ3) is 4.33. The number of nitrogens with two attached hydrogens (primary N) is 1. The van der Waals surface area contributed by atoms with Crippen LogP contribution in [0.4, 0.5) is 27.9 Å². The first-order valence-electron chi connectivity index (χ1n) is 8.58. The summed E-state index contributed by atoms with van der Waals surface area (Å²) >= 11 is 0. The Labute approximate surface area is 146 Å². The highest BCUT2D eigenvalue weighted by Gasteiger charge is 2.22. The number of nitrogens with one attached hydrogen (secondary N) is 2. The van der Waals surface area contributed by atoms with E-state index < -0.39 is 0 Å². The van der Waals surface area contributed by atoms with Crippen LogP contribution < -0.4 is 16.4 Å². The van der Waals surface area contributed by atoms with Gasteiger partial charge in [-0.3, -0.25) is 4.90 Å². The fraction of sp³-hybridized carbons (Fsp3) is 0.471. The quantitative estimate of drug-likeness (QED) is 0.741. The van der Waals surface area contributed by atoms with E-state index in [-0.39, 0.29) is 17.7 Å². The Morgan fingerprint density at radius 1 is 1.28 bits per heavy atom. The maximum atomic E-state index is 13.7. The van der Waals surface area contributed by atoms with Crippen LogP contribution in [-0.2, 0) is 0 Å². The summed E-state index contributed by atoms with van der Waals surface area (Å²) in [4.78, 5) is 15.0. The summed E-state index contributed by atoms with van der Waals surface area (Å²) < 4.78 is 13.7. The van der Waals surface area contributed by atoms with Crippen LogP contribution in [0.1, 0.15) is 25.3 Å². The molecule has 3 rings (SSSR count). The molecule has 8 heteroatoms. The molecule has 2 heterocycles. The third-order valence-corrected chi connectivity index (χ3v) is 4.48.